The van der Waals surface area contributed by atoms with Gasteiger partial charge in [-0.1, -0.05) is 0 Å². The van der Waals surface area contributed by atoms with E-state index in [0.29, 0.717) is 18.9 Å². The van der Waals surface area contributed by atoms with Crippen LogP contribution in [0.4, 0.5) is 11.4 Å². The summed E-state index contributed by atoms with van der Waals surface area (Å²) in [5.74, 6) is -1.67. The van der Waals surface area contributed by atoms with E-state index in [9.17, 15) is 19.8 Å². The summed E-state index contributed by atoms with van der Waals surface area (Å²) in [5, 5.41) is 23.8. The zero-order chi connectivity index (χ0) is 16.8. The van der Waals surface area contributed by atoms with Crippen LogP contribution < -0.4 is 15.5 Å². The number of nitrogens with one attached hydrogen (secondary N) is 2. The normalized spacial score (nSPS) is 17.3. The molecule has 1 heterocycles. The molecule has 1 aliphatic heterocycles. The topological polar surface area (TPSA) is 111 Å². The highest BCUT2D eigenvalue weighted by Gasteiger charge is 2.29. The monoisotopic (exact) mass is 323 g/mol. The third-order valence-electron chi connectivity index (χ3n) is 3.59. The van der Waals surface area contributed by atoms with E-state index in [1.165, 1.54) is 7.05 Å². The Balaban J connectivity index is 1.94. The summed E-state index contributed by atoms with van der Waals surface area (Å²) in [4.78, 5) is 25.2. The molecule has 0 spiro atoms. The van der Waals surface area contributed by atoms with E-state index in [4.69, 9.17) is 4.74 Å². The van der Waals surface area contributed by atoms with Crippen molar-refractivity contribution in [2.45, 2.75) is 12.2 Å². The number of carbonyl (C=O) groups excluding carboxylic acids is 2. The number of morpholine rings is 1. The van der Waals surface area contributed by atoms with Gasteiger partial charge in [0.1, 0.15) is 0 Å². The molecule has 0 saturated carbocycles. The Morgan fingerprint density at radius 1 is 1.09 bits per heavy atom. The number of aliphatic hydroxyl groups is 2. The average molecular weight is 323 g/mol. The number of hydrogen-bond donors (Lipinski definition) is 4. The highest BCUT2D eigenvalue weighted by atomic mass is 16.5. The van der Waals surface area contributed by atoms with Crippen molar-refractivity contribution in [2.24, 2.45) is 0 Å². The predicted octanol–water partition coefficient (Wildman–Crippen LogP) is -1.07. The Bertz CT molecular complexity index is 543. The summed E-state index contributed by atoms with van der Waals surface area (Å²) < 4.78 is 5.29. The molecule has 2 rings (SSSR count). The maximum absolute atomic E-state index is 11.8. The van der Waals surface area contributed by atoms with Crippen LogP contribution in [0, 0.1) is 0 Å². The van der Waals surface area contributed by atoms with Gasteiger partial charge in [-0.05, 0) is 24.3 Å². The average Bonchev–Trinajstić information content (AvgIpc) is 2.61. The molecule has 1 saturated heterocycles. The van der Waals surface area contributed by atoms with Crippen LogP contribution in [-0.2, 0) is 14.3 Å². The summed E-state index contributed by atoms with van der Waals surface area (Å²) in [6.45, 7) is 2.98. The van der Waals surface area contributed by atoms with Crippen LogP contribution in [0.5, 0.6) is 0 Å². The number of benzene rings is 1. The minimum Gasteiger partial charge on any atom is -0.380 e. The van der Waals surface area contributed by atoms with Crippen LogP contribution in [0.2, 0.25) is 0 Å². The SMILES string of the molecule is CNC(=O)[C@H](O)[C@@H](O)C(=O)Nc1ccc(N2CCOCC2)cc1. The minimum absolute atomic E-state index is 0.468. The zero-order valence-electron chi connectivity index (χ0n) is 12.9. The number of likely N-dealkylation sites (N-methyl/N-ethyl adjacent to an activating group) is 1. The van der Waals surface area contributed by atoms with E-state index in [2.05, 4.69) is 15.5 Å². The molecule has 0 radical (unpaired) electrons. The fraction of sp³-hybridized carbons (Fsp3) is 0.467. The summed E-state index contributed by atoms with van der Waals surface area (Å²) in [6, 6.07) is 7.09. The third-order valence-corrected chi connectivity index (χ3v) is 3.59. The lowest BCUT2D eigenvalue weighted by molar-refractivity contribution is -0.142. The quantitative estimate of drug-likeness (QED) is 0.549. The lowest BCUT2D eigenvalue weighted by atomic mass is 10.1. The standard InChI is InChI=1S/C15H21N3O5/c1-16-14(21)12(19)13(20)15(22)17-10-2-4-11(5-3-10)18-6-8-23-9-7-18/h2-5,12-13,19-20H,6-9H2,1H3,(H,16,21)(H,17,22)/t12-,13-/m1/s1. The molecule has 126 valence electrons. The molecule has 0 aromatic heterocycles. The Kier molecular flexibility index (Phi) is 5.91. The van der Waals surface area contributed by atoms with Gasteiger partial charge < -0.3 is 30.5 Å². The van der Waals surface area contributed by atoms with Gasteiger partial charge in [0.05, 0.1) is 13.2 Å². The number of ether oxygens (including phenoxy) is 1. The van der Waals surface area contributed by atoms with Gasteiger partial charge in [-0.2, -0.15) is 0 Å². The molecule has 0 bridgehead atoms. The van der Waals surface area contributed by atoms with Crippen molar-refractivity contribution in [3.63, 3.8) is 0 Å². The van der Waals surface area contributed by atoms with Gasteiger partial charge in [-0.3, -0.25) is 9.59 Å². The molecule has 23 heavy (non-hydrogen) atoms. The number of anilines is 2. The molecule has 1 aliphatic rings. The summed E-state index contributed by atoms with van der Waals surface area (Å²) in [7, 11) is 1.31. The smallest absolute Gasteiger partial charge is 0.256 e. The number of hydrogen-bond acceptors (Lipinski definition) is 6. The van der Waals surface area contributed by atoms with Crippen LogP contribution in [0.25, 0.3) is 0 Å². The molecule has 1 aromatic rings. The van der Waals surface area contributed by atoms with E-state index in [-0.39, 0.29) is 0 Å². The van der Waals surface area contributed by atoms with Crippen molar-refractivity contribution >= 4 is 23.2 Å². The lowest BCUT2D eigenvalue weighted by Crippen LogP contribution is -2.46. The fourth-order valence-corrected chi connectivity index (χ4v) is 2.23. The van der Waals surface area contributed by atoms with Crippen LogP contribution in [0.15, 0.2) is 24.3 Å². The first-order chi connectivity index (χ1) is 11.0. The first-order valence-corrected chi connectivity index (χ1v) is 7.34. The highest BCUT2D eigenvalue weighted by Crippen LogP contribution is 2.19. The van der Waals surface area contributed by atoms with Crippen LogP contribution in [0.1, 0.15) is 0 Å². The lowest BCUT2D eigenvalue weighted by Gasteiger charge is -2.29. The third kappa shape index (κ3) is 4.41. The maximum Gasteiger partial charge on any atom is 0.256 e. The summed E-state index contributed by atoms with van der Waals surface area (Å²) in [6.07, 6.45) is -3.65. The number of rotatable bonds is 5. The van der Waals surface area contributed by atoms with Crippen molar-refractivity contribution in [1.29, 1.82) is 0 Å². The maximum atomic E-state index is 11.8. The van der Waals surface area contributed by atoms with Crippen molar-refractivity contribution in [3.8, 4) is 0 Å². The van der Waals surface area contributed by atoms with Crippen LogP contribution >= 0.6 is 0 Å². The van der Waals surface area contributed by atoms with Gasteiger partial charge >= 0.3 is 0 Å². The molecule has 4 N–H and O–H groups in total. The molecule has 0 unspecified atom stereocenters. The molecular weight excluding hydrogens is 302 g/mol. The van der Waals surface area contributed by atoms with Gasteiger partial charge in [0.2, 0.25) is 0 Å². The summed E-state index contributed by atoms with van der Waals surface area (Å²) >= 11 is 0. The van der Waals surface area contributed by atoms with E-state index in [1.54, 1.807) is 12.1 Å². The Hall–Kier alpha value is -2.16. The van der Waals surface area contributed by atoms with E-state index in [1.807, 2.05) is 12.1 Å². The van der Waals surface area contributed by atoms with Gasteiger partial charge in [0.25, 0.3) is 11.8 Å². The molecular formula is C15H21N3O5. The minimum atomic E-state index is -1.84. The van der Waals surface area contributed by atoms with Crippen LogP contribution in [0.3, 0.4) is 0 Å². The number of nitrogens with zero attached hydrogens (tertiary/aromatic N) is 1. The van der Waals surface area contributed by atoms with E-state index in [0.717, 1.165) is 18.8 Å². The molecule has 0 aliphatic carbocycles. The van der Waals surface area contributed by atoms with E-state index < -0.39 is 24.0 Å². The summed E-state index contributed by atoms with van der Waals surface area (Å²) in [5.41, 5.74) is 1.48. The second-order valence-corrected chi connectivity index (χ2v) is 5.14. The van der Waals surface area contributed by atoms with Gasteiger partial charge in [0.15, 0.2) is 12.2 Å². The molecule has 2 amide bonds. The second kappa shape index (κ2) is 7.91. The zero-order valence-corrected chi connectivity index (χ0v) is 12.9. The molecule has 2 atom stereocenters. The number of aliphatic hydroxyl groups excluding tert-OH is 2. The molecule has 8 nitrogen and oxygen atoms in total. The number of carbonyl (C=O) groups is 2. The Labute approximate surface area is 134 Å². The van der Waals surface area contributed by atoms with E-state index >= 15 is 0 Å². The predicted molar refractivity (Wildman–Crippen MR) is 84.2 cm³/mol. The van der Waals surface area contributed by atoms with Gasteiger partial charge in [-0.25, -0.2) is 0 Å². The highest BCUT2D eigenvalue weighted by molar-refractivity contribution is 5.98. The molecule has 8 heteroatoms. The Morgan fingerprint density at radius 2 is 1.65 bits per heavy atom. The van der Waals surface area contributed by atoms with Crippen molar-refractivity contribution < 1.29 is 24.5 Å². The van der Waals surface area contributed by atoms with Crippen molar-refractivity contribution in [3.05, 3.63) is 24.3 Å². The van der Waals surface area contributed by atoms with Crippen molar-refractivity contribution in [2.75, 3.05) is 43.6 Å². The first kappa shape index (κ1) is 17.2. The molecule has 1 fully saturated rings. The number of amides is 2. The second-order valence-electron chi connectivity index (χ2n) is 5.14. The fourth-order valence-electron chi connectivity index (χ4n) is 2.23. The van der Waals surface area contributed by atoms with Gasteiger partial charge in [0, 0.05) is 31.5 Å². The molecule has 1 aromatic carbocycles. The van der Waals surface area contributed by atoms with Crippen LogP contribution in [-0.4, -0.2) is 67.6 Å². The first-order valence-electron chi connectivity index (χ1n) is 7.34. The largest absolute Gasteiger partial charge is 0.380 e. The van der Waals surface area contributed by atoms with Crippen molar-refractivity contribution in [1.82, 2.24) is 5.32 Å². The Morgan fingerprint density at radius 3 is 2.22 bits per heavy atom. The van der Waals surface area contributed by atoms with Gasteiger partial charge in [-0.15, -0.1) is 0 Å².